The summed E-state index contributed by atoms with van der Waals surface area (Å²) in [5.74, 6) is 1.99. The highest BCUT2D eigenvalue weighted by molar-refractivity contribution is 5.11. The van der Waals surface area contributed by atoms with Crippen molar-refractivity contribution < 1.29 is 4.74 Å². The molecule has 3 nitrogen and oxygen atoms in total. The SMILES string of the molecule is CC1CCn2c(cnc2C2CCCO2)C1. The third-order valence-corrected chi connectivity index (χ3v) is 3.59. The summed E-state index contributed by atoms with van der Waals surface area (Å²) in [6.45, 7) is 4.36. The third kappa shape index (κ3) is 1.59. The zero-order chi connectivity index (χ0) is 10.3. The topological polar surface area (TPSA) is 27.1 Å². The first-order valence-corrected chi connectivity index (χ1v) is 6.00. The smallest absolute Gasteiger partial charge is 0.138 e. The van der Waals surface area contributed by atoms with E-state index in [2.05, 4.69) is 16.5 Å². The van der Waals surface area contributed by atoms with Gasteiger partial charge in [-0.2, -0.15) is 0 Å². The summed E-state index contributed by atoms with van der Waals surface area (Å²) in [7, 11) is 0. The Hall–Kier alpha value is -0.830. The highest BCUT2D eigenvalue weighted by atomic mass is 16.5. The molecule has 1 saturated heterocycles. The van der Waals surface area contributed by atoms with Crippen molar-refractivity contribution in [2.75, 3.05) is 6.61 Å². The molecule has 1 aromatic heterocycles. The van der Waals surface area contributed by atoms with Crippen molar-refractivity contribution in [1.82, 2.24) is 9.55 Å². The largest absolute Gasteiger partial charge is 0.370 e. The Morgan fingerprint density at radius 2 is 2.40 bits per heavy atom. The van der Waals surface area contributed by atoms with E-state index in [1.54, 1.807) is 0 Å². The molecule has 0 amide bonds. The van der Waals surface area contributed by atoms with Crippen molar-refractivity contribution >= 4 is 0 Å². The predicted octanol–water partition coefficient (Wildman–Crippen LogP) is 2.32. The molecular weight excluding hydrogens is 188 g/mol. The van der Waals surface area contributed by atoms with Gasteiger partial charge in [-0.05, 0) is 31.6 Å². The van der Waals surface area contributed by atoms with Gasteiger partial charge in [0.25, 0.3) is 0 Å². The number of nitrogens with zero attached hydrogens (tertiary/aromatic N) is 2. The maximum Gasteiger partial charge on any atom is 0.138 e. The van der Waals surface area contributed by atoms with Crippen molar-refractivity contribution in [2.24, 2.45) is 5.92 Å². The van der Waals surface area contributed by atoms with Crippen LogP contribution in [0.3, 0.4) is 0 Å². The maximum absolute atomic E-state index is 5.71. The highest BCUT2D eigenvalue weighted by Crippen LogP contribution is 2.31. The molecule has 0 spiro atoms. The molecule has 0 N–H and O–H groups in total. The summed E-state index contributed by atoms with van der Waals surface area (Å²) in [4.78, 5) is 4.55. The highest BCUT2D eigenvalue weighted by Gasteiger charge is 2.26. The van der Waals surface area contributed by atoms with Gasteiger partial charge in [0.2, 0.25) is 0 Å². The van der Waals surface area contributed by atoms with E-state index in [0.717, 1.165) is 25.5 Å². The molecular formula is C12H18N2O. The minimum atomic E-state index is 0.271. The van der Waals surface area contributed by atoms with Gasteiger partial charge in [-0.15, -0.1) is 0 Å². The summed E-state index contributed by atoms with van der Waals surface area (Å²) >= 11 is 0. The Bertz CT molecular complexity index is 353. The lowest BCUT2D eigenvalue weighted by molar-refractivity contribution is 0.101. The summed E-state index contributed by atoms with van der Waals surface area (Å²) in [6, 6.07) is 0. The molecule has 1 fully saturated rings. The van der Waals surface area contributed by atoms with Gasteiger partial charge in [-0.25, -0.2) is 4.98 Å². The van der Waals surface area contributed by atoms with Gasteiger partial charge in [0, 0.05) is 25.0 Å². The van der Waals surface area contributed by atoms with E-state index in [1.807, 2.05) is 6.20 Å². The molecule has 0 radical (unpaired) electrons. The van der Waals surface area contributed by atoms with Gasteiger partial charge in [0.1, 0.15) is 11.9 Å². The van der Waals surface area contributed by atoms with E-state index in [-0.39, 0.29) is 6.10 Å². The number of rotatable bonds is 1. The van der Waals surface area contributed by atoms with Crippen molar-refractivity contribution in [2.45, 2.75) is 45.3 Å². The lowest BCUT2D eigenvalue weighted by Crippen LogP contribution is -2.19. The quantitative estimate of drug-likeness (QED) is 0.705. The van der Waals surface area contributed by atoms with Crippen LogP contribution >= 0.6 is 0 Å². The normalized spacial score (nSPS) is 30.5. The minimum absolute atomic E-state index is 0.271. The summed E-state index contributed by atoms with van der Waals surface area (Å²) < 4.78 is 8.09. The molecule has 2 aliphatic rings. The minimum Gasteiger partial charge on any atom is -0.370 e. The van der Waals surface area contributed by atoms with Crippen molar-refractivity contribution in [1.29, 1.82) is 0 Å². The van der Waals surface area contributed by atoms with Crippen LogP contribution in [0.25, 0.3) is 0 Å². The summed E-state index contributed by atoms with van der Waals surface area (Å²) in [5, 5.41) is 0. The maximum atomic E-state index is 5.71. The number of ether oxygens (including phenoxy) is 1. The predicted molar refractivity (Wildman–Crippen MR) is 57.6 cm³/mol. The van der Waals surface area contributed by atoms with Crippen LogP contribution < -0.4 is 0 Å². The van der Waals surface area contributed by atoms with E-state index >= 15 is 0 Å². The number of hydrogen-bond acceptors (Lipinski definition) is 2. The van der Waals surface area contributed by atoms with E-state index in [9.17, 15) is 0 Å². The second kappa shape index (κ2) is 3.63. The second-order valence-electron chi connectivity index (χ2n) is 4.86. The van der Waals surface area contributed by atoms with Crippen LogP contribution in [0, 0.1) is 5.92 Å². The van der Waals surface area contributed by atoms with E-state index < -0.39 is 0 Å². The van der Waals surface area contributed by atoms with Gasteiger partial charge in [0.15, 0.2) is 0 Å². The molecule has 1 aromatic rings. The monoisotopic (exact) mass is 206 g/mol. The Morgan fingerprint density at radius 1 is 1.47 bits per heavy atom. The van der Waals surface area contributed by atoms with E-state index in [4.69, 9.17) is 4.74 Å². The first-order chi connectivity index (χ1) is 7.34. The van der Waals surface area contributed by atoms with Gasteiger partial charge in [0.05, 0.1) is 0 Å². The fourth-order valence-electron chi connectivity index (χ4n) is 2.70. The molecule has 82 valence electrons. The molecule has 0 aliphatic carbocycles. The van der Waals surface area contributed by atoms with Crippen LogP contribution in [0.15, 0.2) is 6.20 Å². The van der Waals surface area contributed by atoms with Crippen LogP contribution in [0.5, 0.6) is 0 Å². The lowest BCUT2D eigenvalue weighted by atomic mass is 9.98. The molecule has 2 unspecified atom stereocenters. The van der Waals surface area contributed by atoms with Crippen LogP contribution in [0.4, 0.5) is 0 Å². The number of aromatic nitrogens is 2. The Balaban J connectivity index is 1.90. The van der Waals surface area contributed by atoms with Crippen LogP contribution in [0.2, 0.25) is 0 Å². The molecule has 3 rings (SSSR count). The number of hydrogen-bond donors (Lipinski definition) is 0. The Labute approximate surface area is 90.5 Å². The molecule has 0 bridgehead atoms. The zero-order valence-corrected chi connectivity index (χ0v) is 9.28. The molecule has 2 aliphatic heterocycles. The zero-order valence-electron chi connectivity index (χ0n) is 9.28. The molecule has 15 heavy (non-hydrogen) atoms. The van der Waals surface area contributed by atoms with Crippen LogP contribution in [-0.2, 0) is 17.7 Å². The first-order valence-electron chi connectivity index (χ1n) is 6.00. The average molecular weight is 206 g/mol. The third-order valence-electron chi connectivity index (χ3n) is 3.59. The summed E-state index contributed by atoms with van der Waals surface area (Å²) in [6.07, 6.45) is 7.11. The summed E-state index contributed by atoms with van der Waals surface area (Å²) in [5.41, 5.74) is 1.40. The Morgan fingerprint density at radius 3 is 3.20 bits per heavy atom. The lowest BCUT2D eigenvalue weighted by Gasteiger charge is -2.23. The molecule has 3 heterocycles. The fraction of sp³-hybridized carbons (Fsp3) is 0.750. The van der Waals surface area contributed by atoms with E-state index in [1.165, 1.54) is 30.8 Å². The fourth-order valence-corrected chi connectivity index (χ4v) is 2.70. The van der Waals surface area contributed by atoms with Gasteiger partial charge < -0.3 is 9.30 Å². The first kappa shape index (κ1) is 9.40. The Kier molecular flexibility index (Phi) is 2.28. The second-order valence-corrected chi connectivity index (χ2v) is 4.86. The average Bonchev–Trinajstić information content (AvgIpc) is 2.82. The number of fused-ring (bicyclic) bond motifs is 1. The van der Waals surface area contributed by atoms with Crippen molar-refractivity contribution in [3.05, 3.63) is 17.7 Å². The van der Waals surface area contributed by atoms with Crippen LogP contribution in [0.1, 0.15) is 43.8 Å². The van der Waals surface area contributed by atoms with Gasteiger partial charge in [-0.1, -0.05) is 6.92 Å². The van der Waals surface area contributed by atoms with Gasteiger partial charge in [-0.3, -0.25) is 0 Å². The van der Waals surface area contributed by atoms with E-state index in [0.29, 0.717) is 0 Å². The van der Waals surface area contributed by atoms with Crippen molar-refractivity contribution in [3.63, 3.8) is 0 Å². The molecule has 2 atom stereocenters. The number of imidazole rings is 1. The molecule has 0 aromatic carbocycles. The molecule has 0 saturated carbocycles. The van der Waals surface area contributed by atoms with Crippen molar-refractivity contribution in [3.8, 4) is 0 Å². The van der Waals surface area contributed by atoms with Gasteiger partial charge >= 0.3 is 0 Å². The molecule has 3 heteroatoms. The van der Waals surface area contributed by atoms with Crippen LogP contribution in [-0.4, -0.2) is 16.2 Å². The standard InChI is InChI=1S/C12H18N2O/c1-9-4-5-14-10(7-9)8-13-12(14)11-3-2-6-15-11/h8-9,11H,2-7H2,1H3.